The number of sulfonamides is 1. The van der Waals surface area contributed by atoms with Crippen molar-refractivity contribution in [3.63, 3.8) is 0 Å². The first-order valence-electron chi connectivity index (χ1n) is 7.65. The minimum absolute atomic E-state index is 0.227. The third kappa shape index (κ3) is 2.93. The van der Waals surface area contributed by atoms with Gasteiger partial charge >= 0.3 is 0 Å². The first-order chi connectivity index (χ1) is 10.3. The number of likely N-dealkylation sites (N-methyl/N-ethyl adjacent to an activating group) is 1. The third-order valence-corrected chi connectivity index (χ3v) is 6.49. The molecule has 6 heteroatoms. The Bertz CT molecular complexity index is 632. The molecule has 122 valence electrons. The summed E-state index contributed by atoms with van der Waals surface area (Å²) in [6.45, 7) is 7.87. The molecule has 2 fully saturated rings. The minimum Gasteiger partial charge on any atom is -0.380 e. The standard InChI is InChI=1S/C16H24N2O3S/c1-13-4-6-15(7-5-13)22(19,20)18-8-14(9-18)17(3)10-16(2)11-21-12-16/h4-7,14H,8-12H2,1-3H3. The fraction of sp³-hybridized carbons (Fsp3) is 0.625. The predicted molar refractivity (Wildman–Crippen MR) is 85.3 cm³/mol. The molecule has 2 saturated heterocycles. The fourth-order valence-electron chi connectivity index (χ4n) is 3.02. The molecule has 0 bridgehead atoms. The Morgan fingerprint density at radius 1 is 1.27 bits per heavy atom. The maximum atomic E-state index is 12.5. The Morgan fingerprint density at radius 3 is 2.36 bits per heavy atom. The average molecular weight is 324 g/mol. The molecule has 22 heavy (non-hydrogen) atoms. The highest BCUT2D eigenvalue weighted by atomic mass is 32.2. The molecule has 0 saturated carbocycles. The third-order valence-electron chi connectivity index (χ3n) is 4.64. The zero-order valence-electron chi connectivity index (χ0n) is 13.4. The molecule has 0 unspecified atom stereocenters. The first kappa shape index (κ1) is 15.9. The van der Waals surface area contributed by atoms with Crippen LogP contribution in [-0.2, 0) is 14.8 Å². The SMILES string of the molecule is Cc1ccc(S(=O)(=O)N2CC(N(C)CC3(C)COC3)C2)cc1. The number of nitrogens with zero attached hydrogens (tertiary/aromatic N) is 2. The van der Waals surface area contributed by atoms with E-state index in [1.165, 1.54) is 0 Å². The molecular weight excluding hydrogens is 300 g/mol. The maximum absolute atomic E-state index is 12.5. The van der Waals surface area contributed by atoms with E-state index in [9.17, 15) is 8.42 Å². The number of hydrogen-bond donors (Lipinski definition) is 0. The summed E-state index contributed by atoms with van der Waals surface area (Å²) in [6.07, 6.45) is 0. The molecule has 0 radical (unpaired) electrons. The second-order valence-electron chi connectivity index (χ2n) is 7.01. The molecule has 1 aromatic rings. The van der Waals surface area contributed by atoms with Crippen LogP contribution in [0, 0.1) is 12.3 Å². The Labute approximate surface area is 132 Å². The number of aryl methyl sites for hydroxylation is 1. The van der Waals surface area contributed by atoms with E-state index in [2.05, 4.69) is 18.9 Å². The second-order valence-corrected chi connectivity index (χ2v) is 8.95. The fourth-order valence-corrected chi connectivity index (χ4v) is 4.54. The van der Waals surface area contributed by atoms with E-state index in [4.69, 9.17) is 4.74 Å². The smallest absolute Gasteiger partial charge is 0.243 e. The van der Waals surface area contributed by atoms with Crippen molar-refractivity contribution in [2.24, 2.45) is 5.41 Å². The zero-order chi connectivity index (χ0) is 16.0. The van der Waals surface area contributed by atoms with Crippen molar-refractivity contribution in [3.8, 4) is 0 Å². The topological polar surface area (TPSA) is 49.9 Å². The summed E-state index contributed by atoms with van der Waals surface area (Å²) in [5, 5.41) is 0. The molecular formula is C16H24N2O3S. The lowest BCUT2D eigenvalue weighted by Gasteiger charge is -2.47. The van der Waals surface area contributed by atoms with Crippen LogP contribution in [0.15, 0.2) is 29.2 Å². The summed E-state index contributed by atoms with van der Waals surface area (Å²) in [5.41, 5.74) is 1.29. The second kappa shape index (κ2) is 5.60. The summed E-state index contributed by atoms with van der Waals surface area (Å²) < 4.78 is 31.9. The van der Waals surface area contributed by atoms with Crippen molar-refractivity contribution in [2.45, 2.75) is 24.8 Å². The van der Waals surface area contributed by atoms with Crippen LogP contribution >= 0.6 is 0 Å². The molecule has 1 aromatic carbocycles. The Kier molecular flexibility index (Phi) is 4.05. The van der Waals surface area contributed by atoms with Crippen LogP contribution < -0.4 is 0 Å². The van der Waals surface area contributed by atoms with Crippen LogP contribution in [0.1, 0.15) is 12.5 Å². The highest BCUT2D eigenvalue weighted by Crippen LogP contribution is 2.30. The van der Waals surface area contributed by atoms with E-state index < -0.39 is 10.0 Å². The van der Waals surface area contributed by atoms with Gasteiger partial charge in [0.15, 0.2) is 0 Å². The Balaban J connectivity index is 1.59. The van der Waals surface area contributed by atoms with Gasteiger partial charge < -0.3 is 9.64 Å². The molecule has 0 spiro atoms. The molecule has 0 aliphatic carbocycles. The Hall–Kier alpha value is -0.950. The van der Waals surface area contributed by atoms with Crippen molar-refractivity contribution in [2.75, 3.05) is 39.9 Å². The van der Waals surface area contributed by atoms with E-state index in [0.29, 0.717) is 24.0 Å². The molecule has 2 aliphatic rings. The predicted octanol–water partition coefficient (Wildman–Crippen LogP) is 1.34. The van der Waals surface area contributed by atoms with Gasteiger partial charge in [-0.05, 0) is 26.1 Å². The van der Waals surface area contributed by atoms with Crippen LogP contribution in [0.2, 0.25) is 0 Å². The minimum atomic E-state index is -3.34. The highest BCUT2D eigenvalue weighted by Gasteiger charge is 2.42. The maximum Gasteiger partial charge on any atom is 0.243 e. The van der Waals surface area contributed by atoms with Crippen molar-refractivity contribution >= 4 is 10.0 Å². The summed E-state index contributed by atoms with van der Waals surface area (Å²) in [5.74, 6) is 0. The monoisotopic (exact) mass is 324 g/mol. The Morgan fingerprint density at radius 2 is 1.86 bits per heavy atom. The van der Waals surface area contributed by atoms with Gasteiger partial charge in [0.1, 0.15) is 0 Å². The lowest BCUT2D eigenvalue weighted by Crippen LogP contribution is -2.62. The molecule has 0 N–H and O–H groups in total. The van der Waals surface area contributed by atoms with Gasteiger partial charge in [-0.15, -0.1) is 0 Å². The zero-order valence-corrected chi connectivity index (χ0v) is 14.3. The van der Waals surface area contributed by atoms with Crippen LogP contribution in [-0.4, -0.2) is 63.6 Å². The van der Waals surface area contributed by atoms with Gasteiger partial charge in [0.2, 0.25) is 10.0 Å². The van der Waals surface area contributed by atoms with Crippen LogP contribution in [0.3, 0.4) is 0 Å². The molecule has 5 nitrogen and oxygen atoms in total. The first-order valence-corrected chi connectivity index (χ1v) is 9.09. The summed E-state index contributed by atoms with van der Waals surface area (Å²) in [6, 6.07) is 7.36. The molecule has 0 aromatic heterocycles. The highest BCUT2D eigenvalue weighted by molar-refractivity contribution is 7.89. The summed E-state index contributed by atoms with van der Waals surface area (Å²) in [4.78, 5) is 2.66. The van der Waals surface area contributed by atoms with Gasteiger partial charge in [-0.25, -0.2) is 8.42 Å². The molecule has 0 amide bonds. The summed E-state index contributed by atoms with van der Waals surface area (Å²) in [7, 11) is -1.27. The van der Waals surface area contributed by atoms with E-state index in [1.54, 1.807) is 16.4 Å². The van der Waals surface area contributed by atoms with Crippen LogP contribution in [0.25, 0.3) is 0 Å². The number of rotatable bonds is 5. The molecule has 2 aliphatic heterocycles. The quantitative estimate of drug-likeness (QED) is 0.820. The normalized spacial score (nSPS) is 22.4. The number of hydrogen-bond acceptors (Lipinski definition) is 4. The number of ether oxygens (including phenoxy) is 1. The lowest BCUT2D eigenvalue weighted by molar-refractivity contribution is -0.119. The van der Waals surface area contributed by atoms with Crippen molar-refractivity contribution in [3.05, 3.63) is 29.8 Å². The lowest BCUT2D eigenvalue weighted by atomic mass is 9.87. The van der Waals surface area contributed by atoms with Crippen LogP contribution in [0.5, 0.6) is 0 Å². The molecule has 2 heterocycles. The van der Waals surface area contributed by atoms with Gasteiger partial charge in [0.05, 0.1) is 18.1 Å². The summed E-state index contributed by atoms with van der Waals surface area (Å²) >= 11 is 0. The van der Waals surface area contributed by atoms with E-state index >= 15 is 0 Å². The van der Waals surface area contributed by atoms with Crippen molar-refractivity contribution in [1.82, 2.24) is 9.21 Å². The van der Waals surface area contributed by atoms with Gasteiger partial charge in [-0.2, -0.15) is 4.31 Å². The largest absolute Gasteiger partial charge is 0.380 e. The number of benzene rings is 1. The van der Waals surface area contributed by atoms with Crippen LogP contribution in [0.4, 0.5) is 0 Å². The van der Waals surface area contributed by atoms with Gasteiger partial charge in [0, 0.05) is 31.1 Å². The van der Waals surface area contributed by atoms with Gasteiger partial charge in [-0.3, -0.25) is 0 Å². The van der Waals surface area contributed by atoms with Crippen molar-refractivity contribution in [1.29, 1.82) is 0 Å². The van der Waals surface area contributed by atoms with Crippen molar-refractivity contribution < 1.29 is 13.2 Å². The van der Waals surface area contributed by atoms with E-state index in [-0.39, 0.29) is 5.41 Å². The van der Waals surface area contributed by atoms with Gasteiger partial charge in [0.25, 0.3) is 0 Å². The van der Waals surface area contributed by atoms with Gasteiger partial charge in [-0.1, -0.05) is 24.6 Å². The molecule has 3 rings (SSSR count). The average Bonchev–Trinajstić information content (AvgIpc) is 2.35. The molecule has 0 atom stereocenters. The van der Waals surface area contributed by atoms with E-state index in [0.717, 1.165) is 25.3 Å². The van der Waals surface area contributed by atoms with E-state index in [1.807, 2.05) is 19.1 Å².